The van der Waals surface area contributed by atoms with E-state index in [1.54, 1.807) is 12.1 Å². The summed E-state index contributed by atoms with van der Waals surface area (Å²) in [6.45, 7) is 4.97. The van der Waals surface area contributed by atoms with E-state index in [9.17, 15) is 8.78 Å². The lowest BCUT2D eigenvalue weighted by Crippen LogP contribution is -2.31. The van der Waals surface area contributed by atoms with Crippen molar-refractivity contribution in [2.75, 3.05) is 26.3 Å². The van der Waals surface area contributed by atoms with Crippen molar-refractivity contribution in [3.05, 3.63) is 42.0 Å². The standard InChI is InChI=1S/C15H22F2N2O2/c1-11(2)10-20-8-7-19-14(9-18)12-3-5-13(6-4-12)21-15(16)17/h3-6,14-15,19H,1,7-10,18H2,2H3. The third-order valence-corrected chi connectivity index (χ3v) is 2.73. The number of halogens is 2. The zero-order chi connectivity index (χ0) is 15.7. The zero-order valence-electron chi connectivity index (χ0n) is 12.1. The maximum absolute atomic E-state index is 12.1. The van der Waals surface area contributed by atoms with Crippen LogP contribution in [0.4, 0.5) is 8.78 Å². The van der Waals surface area contributed by atoms with Gasteiger partial charge in [-0.2, -0.15) is 8.78 Å². The molecule has 0 bridgehead atoms. The molecule has 6 heteroatoms. The van der Waals surface area contributed by atoms with Crippen molar-refractivity contribution in [3.8, 4) is 5.75 Å². The summed E-state index contributed by atoms with van der Waals surface area (Å²) in [5.74, 6) is 0.134. The molecule has 1 rings (SSSR count). The summed E-state index contributed by atoms with van der Waals surface area (Å²) in [4.78, 5) is 0. The Kier molecular flexibility index (Phi) is 7.89. The van der Waals surface area contributed by atoms with Crippen molar-refractivity contribution < 1.29 is 18.3 Å². The molecule has 1 unspecified atom stereocenters. The van der Waals surface area contributed by atoms with Crippen LogP contribution in [0.25, 0.3) is 0 Å². The van der Waals surface area contributed by atoms with Gasteiger partial charge in [-0.3, -0.25) is 0 Å². The Hall–Kier alpha value is -1.50. The Labute approximate surface area is 123 Å². The Morgan fingerprint density at radius 1 is 1.33 bits per heavy atom. The van der Waals surface area contributed by atoms with Gasteiger partial charge in [0, 0.05) is 19.1 Å². The Bertz CT molecular complexity index is 424. The van der Waals surface area contributed by atoms with E-state index >= 15 is 0 Å². The molecule has 21 heavy (non-hydrogen) atoms. The summed E-state index contributed by atoms with van der Waals surface area (Å²) in [6, 6.07) is 6.39. The normalized spacial score (nSPS) is 12.4. The van der Waals surface area contributed by atoms with Crippen LogP contribution in [0.3, 0.4) is 0 Å². The van der Waals surface area contributed by atoms with Gasteiger partial charge in [0.1, 0.15) is 5.75 Å². The van der Waals surface area contributed by atoms with Crippen molar-refractivity contribution in [2.45, 2.75) is 19.6 Å². The predicted octanol–water partition coefficient (Wildman–Crippen LogP) is 2.47. The van der Waals surface area contributed by atoms with Crippen molar-refractivity contribution in [1.82, 2.24) is 5.32 Å². The van der Waals surface area contributed by atoms with E-state index in [-0.39, 0.29) is 11.8 Å². The lowest BCUT2D eigenvalue weighted by molar-refractivity contribution is -0.0498. The summed E-state index contributed by atoms with van der Waals surface area (Å²) < 4.78 is 33.8. The number of hydrogen-bond acceptors (Lipinski definition) is 4. The molecule has 0 aromatic heterocycles. The minimum atomic E-state index is -2.82. The molecular weight excluding hydrogens is 278 g/mol. The van der Waals surface area contributed by atoms with Gasteiger partial charge in [-0.1, -0.05) is 24.3 Å². The molecule has 0 saturated heterocycles. The smallest absolute Gasteiger partial charge is 0.387 e. The van der Waals surface area contributed by atoms with Crippen LogP contribution in [-0.2, 0) is 4.74 Å². The number of rotatable bonds is 10. The lowest BCUT2D eigenvalue weighted by Gasteiger charge is -2.18. The third-order valence-electron chi connectivity index (χ3n) is 2.73. The van der Waals surface area contributed by atoms with Crippen molar-refractivity contribution in [3.63, 3.8) is 0 Å². The van der Waals surface area contributed by atoms with Crippen LogP contribution in [0, 0.1) is 0 Å². The molecule has 0 aliphatic heterocycles. The van der Waals surface area contributed by atoms with Gasteiger partial charge in [0.2, 0.25) is 0 Å². The molecule has 0 aliphatic rings. The minimum Gasteiger partial charge on any atom is -0.435 e. The first kappa shape index (κ1) is 17.6. The Balaban J connectivity index is 2.42. The first-order chi connectivity index (χ1) is 10.0. The number of alkyl halides is 2. The number of hydrogen-bond donors (Lipinski definition) is 2. The molecule has 3 N–H and O–H groups in total. The molecule has 1 aromatic rings. The van der Waals surface area contributed by atoms with Gasteiger partial charge in [0.15, 0.2) is 0 Å². The molecule has 1 aromatic carbocycles. The van der Waals surface area contributed by atoms with E-state index in [4.69, 9.17) is 10.5 Å². The molecule has 4 nitrogen and oxygen atoms in total. The van der Waals surface area contributed by atoms with Crippen molar-refractivity contribution >= 4 is 0 Å². The van der Waals surface area contributed by atoms with E-state index in [1.807, 2.05) is 6.92 Å². The van der Waals surface area contributed by atoms with Gasteiger partial charge in [-0.15, -0.1) is 0 Å². The second-order valence-electron chi connectivity index (χ2n) is 4.70. The van der Waals surface area contributed by atoms with E-state index in [0.717, 1.165) is 11.1 Å². The molecule has 0 fully saturated rings. The van der Waals surface area contributed by atoms with Crippen LogP contribution in [0.5, 0.6) is 5.75 Å². The fourth-order valence-electron chi connectivity index (χ4n) is 1.77. The highest BCUT2D eigenvalue weighted by atomic mass is 19.3. The van der Waals surface area contributed by atoms with Crippen LogP contribution in [0.1, 0.15) is 18.5 Å². The first-order valence-corrected chi connectivity index (χ1v) is 6.73. The highest BCUT2D eigenvalue weighted by Gasteiger charge is 2.10. The quantitative estimate of drug-likeness (QED) is 0.515. The maximum Gasteiger partial charge on any atom is 0.387 e. The van der Waals surface area contributed by atoms with E-state index in [0.29, 0.717) is 26.3 Å². The molecule has 0 amide bonds. The molecule has 0 aliphatic carbocycles. The number of nitrogens with one attached hydrogen (secondary N) is 1. The summed E-state index contributed by atoms with van der Waals surface area (Å²) in [5, 5.41) is 3.25. The fraction of sp³-hybridized carbons (Fsp3) is 0.467. The third kappa shape index (κ3) is 7.17. The van der Waals surface area contributed by atoms with Crippen LogP contribution in [0.2, 0.25) is 0 Å². The van der Waals surface area contributed by atoms with Crippen molar-refractivity contribution in [1.29, 1.82) is 0 Å². The van der Waals surface area contributed by atoms with Gasteiger partial charge in [0.05, 0.1) is 13.2 Å². The molecule has 1 atom stereocenters. The van der Waals surface area contributed by atoms with E-state index in [2.05, 4.69) is 16.6 Å². The van der Waals surface area contributed by atoms with Crippen LogP contribution in [0.15, 0.2) is 36.4 Å². The lowest BCUT2D eigenvalue weighted by atomic mass is 10.1. The molecule has 0 heterocycles. The average Bonchev–Trinajstić information content (AvgIpc) is 2.43. The topological polar surface area (TPSA) is 56.5 Å². The fourth-order valence-corrected chi connectivity index (χ4v) is 1.77. The zero-order valence-corrected chi connectivity index (χ0v) is 12.1. The van der Waals surface area contributed by atoms with Crippen LogP contribution in [-0.4, -0.2) is 32.9 Å². The van der Waals surface area contributed by atoms with Gasteiger partial charge >= 0.3 is 6.61 Å². The highest BCUT2D eigenvalue weighted by Crippen LogP contribution is 2.18. The van der Waals surface area contributed by atoms with Gasteiger partial charge in [-0.25, -0.2) is 0 Å². The molecule has 0 saturated carbocycles. The van der Waals surface area contributed by atoms with Gasteiger partial charge in [-0.05, 0) is 24.6 Å². The second-order valence-corrected chi connectivity index (χ2v) is 4.70. The summed E-state index contributed by atoms with van der Waals surface area (Å²) in [5.41, 5.74) is 7.61. The number of ether oxygens (including phenoxy) is 2. The van der Waals surface area contributed by atoms with Gasteiger partial charge in [0.25, 0.3) is 0 Å². The summed E-state index contributed by atoms with van der Waals surface area (Å²) in [6.07, 6.45) is 0. The van der Waals surface area contributed by atoms with E-state index in [1.165, 1.54) is 12.1 Å². The number of benzene rings is 1. The summed E-state index contributed by atoms with van der Waals surface area (Å²) >= 11 is 0. The molecule has 0 spiro atoms. The maximum atomic E-state index is 12.1. The second kappa shape index (κ2) is 9.44. The molecule has 118 valence electrons. The highest BCUT2D eigenvalue weighted by molar-refractivity contribution is 5.29. The number of nitrogens with two attached hydrogens (primary N) is 1. The monoisotopic (exact) mass is 300 g/mol. The summed E-state index contributed by atoms with van der Waals surface area (Å²) in [7, 11) is 0. The predicted molar refractivity (Wildman–Crippen MR) is 78.5 cm³/mol. The van der Waals surface area contributed by atoms with Crippen molar-refractivity contribution in [2.24, 2.45) is 5.73 Å². The van der Waals surface area contributed by atoms with Crippen LogP contribution < -0.4 is 15.8 Å². The average molecular weight is 300 g/mol. The molecule has 0 radical (unpaired) electrons. The first-order valence-electron chi connectivity index (χ1n) is 6.73. The molecular formula is C15H22F2N2O2. The SMILES string of the molecule is C=C(C)COCCNC(CN)c1ccc(OC(F)F)cc1. The van der Waals surface area contributed by atoms with Gasteiger partial charge < -0.3 is 20.5 Å². The minimum absolute atomic E-state index is 0.0565. The Morgan fingerprint density at radius 3 is 2.52 bits per heavy atom. The largest absolute Gasteiger partial charge is 0.435 e. The Morgan fingerprint density at radius 2 is 2.00 bits per heavy atom. The van der Waals surface area contributed by atoms with Crippen LogP contribution >= 0.6 is 0 Å². The van der Waals surface area contributed by atoms with E-state index < -0.39 is 6.61 Å².